The minimum atomic E-state index is -0.186. The minimum Gasteiger partial charge on any atom is -0.465 e. The fourth-order valence-corrected chi connectivity index (χ4v) is 4.10. The first-order chi connectivity index (χ1) is 14.2. The molecule has 0 saturated carbocycles. The van der Waals surface area contributed by atoms with Crippen molar-refractivity contribution in [1.29, 1.82) is 0 Å². The Bertz CT molecular complexity index is 994. The molecule has 4 rings (SSSR count). The first-order valence-electron chi connectivity index (χ1n) is 10.3. The van der Waals surface area contributed by atoms with Crippen molar-refractivity contribution >= 4 is 16.9 Å². The van der Waals surface area contributed by atoms with Gasteiger partial charge in [-0.2, -0.15) is 5.06 Å². The number of hydrogen-bond acceptors (Lipinski definition) is 4. The van der Waals surface area contributed by atoms with Gasteiger partial charge in [-0.3, -0.25) is 9.63 Å². The summed E-state index contributed by atoms with van der Waals surface area (Å²) in [4.78, 5) is 18.4. The van der Waals surface area contributed by atoms with Crippen molar-refractivity contribution in [3.05, 3.63) is 70.9 Å². The van der Waals surface area contributed by atoms with E-state index in [4.69, 9.17) is 9.57 Å². The smallest absolute Gasteiger partial charge is 0.325 e. The van der Waals surface area contributed by atoms with Crippen LogP contribution in [0.5, 0.6) is 0 Å². The second-order valence-corrected chi connectivity index (χ2v) is 7.56. The summed E-state index contributed by atoms with van der Waals surface area (Å²) in [7, 11) is 0. The molecule has 0 fully saturated rings. The molecule has 1 aliphatic heterocycles. The fourth-order valence-electron chi connectivity index (χ4n) is 4.10. The molecule has 0 saturated heterocycles. The quantitative estimate of drug-likeness (QED) is 0.584. The summed E-state index contributed by atoms with van der Waals surface area (Å²) in [6.45, 7) is 6.77. The highest BCUT2D eigenvalue weighted by atomic mass is 16.7. The number of hydroxylamine groups is 2. The number of esters is 1. The Morgan fingerprint density at radius 3 is 2.76 bits per heavy atom. The first-order valence-corrected chi connectivity index (χ1v) is 10.3. The summed E-state index contributed by atoms with van der Waals surface area (Å²) < 4.78 is 7.37. The predicted octanol–water partition coefficient (Wildman–Crippen LogP) is 4.39. The van der Waals surface area contributed by atoms with Gasteiger partial charge in [-0.25, -0.2) is 0 Å². The second-order valence-electron chi connectivity index (χ2n) is 7.56. The minimum absolute atomic E-state index is 0.186. The Labute approximate surface area is 171 Å². The zero-order chi connectivity index (χ0) is 20.2. The van der Waals surface area contributed by atoms with Crippen molar-refractivity contribution in [3.8, 4) is 0 Å². The number of carbonyl (C=O) groups excluding carboxylic acids is 1. The molecule has 152 valence electrons. The van der Waals surface area contributed by atoms with Gasteiger partial charge >= 0.3 is 5.97 Å². The number of nitrogens with zero attached hydrogens (tertiary/aromatic N) is 2. The Kier molecular flexibility index (Phi) is 5.97. The Hall–Kier alpha value is -2.63. The standard InChI is InChI=1S/C24H28N2O3/c1-3-28-24(27)16-26-22-10-7-13-25(29-17-19-8-5-4-6-9-19)15-21(22)20-14-18(2)11-12-23(20)26/h4-6,8-9,11-12,14H,3,7,10,13,15-17H2,1-2H3. The van der Waals surface area contributed by atoms with E-state index in [0.29, 0.717) is 13.2 Å². The maximum Gasteiger partial charge on any atom is 0.325 e. The second kappa shape index (κ2) is 8.80. The number of aromatic nitrogens is 1. The fraction of sp³-hybridized carbons (Fsp3) is 0.375. The number of aryl methyl sites for hydroxylation is 1. The SMILES string of the molecule is CCOC(=O)Cn1c2c(c3cc(C)ccc31)CN(OCc1ccccc1)CCC2. The number of carbonyl (C=O) groups is 1. The largest absolute Gasteiger partial charge is 0.465 e. The lowest BCUT2D eigenvalue weighted by Gasteiger charge is -2.20. The number of ether oxygens (including phenoxy) is 1. The topological polar surface area (TPSA) is 43.7 Å². The van der Waals surface area contributed by atoms with Crippen molar-refractivity contribution in [2.24, 2.45) is 0 Å². The average molecular weight is 392 g/mol. The highest BCUT2D eigenvalue weighted by Crippen LogP contribution is 2.31. The van der Waals surface area contributed by atoms with E-state index in [0.717, 1.165) is 37.0 Å². The van der Waals surface area contributed by atoms with Crippen molar-refractivity contribution in [3.63, 3.8) is 0 Å². The van der Waals surface area contributed by atoms with E-state index in [-0.39, 0.29) is 12.5 Å². The summed E-state index contributed by atoms with van der Waals surface area (Å²) >= 11 is 0. The number of hydrogen-bond donors (Lipinski definition) is 0. The molecule has 0 bridgehead atoms. The van der Waals surface area contributed by atoms with Crippen LogP contribution >= 0.6 is 0 Å². The van der Waals surface area contributed by atoms with Gasteiger partial charge in [0.05, 0.1) is 19.8 Å². The molecule has 29 heavy (non-hydrogen) atoms. The van der Waals surface area contributed by atoms with Gasteiger partial charge in [-0.15, -0.1) is 0 Å². The molecule has 1 aromatic heterocycles. The molecule has 3 aromatic rings. The number of fused-ring (bicyclic) bond motifs is 3. The lowest BCUT2D eigenvalue weighted by molar-refractivity contribution is -0.175. The molecule has 0 radical (unpaired) electrons. The van der Waals surface area contributed by atoms with Crippen molar-refractivity contribution in [2.75, 3.05) is 13.2 Å². The molecule has 0 N–H and O–H groups in total. The summed E-state index contributed by atoms with van der Waals surface area (Å²) in [5.41, 5.74) is 5.97. The van der Waals surface area contributed by atoms with Gasteiger partial charge in [-0.05, 0) is 49.9 Å². The maximum atomic E-state index is 12.2. The summed E-state index contributed by atoms with van der Waals surface area (Å²) in [5.74, 6) is -0.186. The molecule has 0 unspecified atom stereocenters. The molecule has 0 amide bonds. The van der Waals surface area contributed by atoms with Crippen LogP contribution in [-0.2, 0) is 40.5 Å². The lowest BCUT2D eigenvalue weighted by atomic mass is 10.1. The normalized spacial score (nSPS) is 14.6. The molecule has 1 aliphatic rings. The van der Waals surface area contributed by atoms with Gasteiger partial charge in [0, 0.05) is 23.1 Å². The van der Waals surface area contributed by atoms with Crippen LogP contribution in [-0.4, -0.2) is 28.8 Å². The Balaban J connectivity index is 1.64. The van der Waals surface area contributed by atoms with Crippen LogP contribution in [0.25, 0.3) is 10.9 Å². The van der Waals surface area contributed by atoms with E-state index in [1.807, 2.05) is 25.1 Å². The third-order valence-electron chi connectivity index (χ3n) is 5.45. The third-order valence-corrected chi connectivity index (χ3v) is 5.45. The van der Waals surface area contributed by atoms with Gasteiger partial charge in [0.15, 0.2) is 0 Å². The summed E-state index contributed by atoms with van der Waals surface area (Å²) in [6.07, 6.45) is 1.91. The molecule has 5 nitrogen and oxygen atoms in total. The molecule has 0 spiro atoms. The van der Waals surface area contributed by atoms with Crippen LogP contribution in [0.4, 0.5) is 0 Å². The van der Waals surface area contributed by atoms with Crippen LogP contribution in [0.2, 0.25) is 0 Å². The third kappa shape index (κ3) is 4.36. The van der Waals surface area contributed by atoms with Gasteiger partial charge in [0.25, 0.3) is 0 Å². The molecule has 2 heterocycles. The van der Waals surface area contributed by atoms with Crippen molar-refractivity contribution in [2.45, 2.75) is 46.4 Å². The Morgan fingerprint density at radius 2 is 1.97 bits per heavy atom. The molecule has 5 heteroatoms. The van der Waals surface area contributed by atoms with E-state index in [1.165, 1.54) is 22.2 Å². The average Bonchev–Trinajstić information content (AvgIpc) is 2.87. The predicted molar refractivity (Wildman–Crippen MR) is 113 cm³/mol. The zero-order valence-electron chi connectivity index (χ0n) is 17.2. The highest BCUT2D eigenvalue weighted by Gasteiger charge is 2.24. The van der Waals surface area contributed by atoms with E-state index >= 15 is 0 Å². The van der Waals surface area contributed by atoms with Gasteiger partial charge in [0.2, 0.25) is 0 Å². The summed E-state index contributed by atoms with van der Waals surface area (Å²) in [6, 6.07) is 16.7. The van der Waals surface area contributed by atoms with Crippen molar-refractivity contribution in [1.82, 2.24) is 9.63 Å². The monoisotopic (exact) mass is 392 g/mol. The van der Waals surface area contributed by atoms with Crippen LogP contribution in [0.15, 0.2) is 48.5 Å². The molecular formula is C24H28N2O3. The molecule has 0 aliphatic carbocycles. The van der Waals surface area contributed by atoms with Crippen LogP contribution in [0.1, 0.15) is 35.7 Å². The first kappa shape index (κ1) is 19.7. The molecule has 2 aromatic carbocycles. The Morgan fingerprint density at radius 1 is 1.14 bits per heavy atom. The highest BCUT2D eigenvalue weighted by molar-refractivity contribution is 5.87. The van der Waals surface area contributed by atoms with E-state index in [9.17, 15) is 4.79 Å². The molecule has 0 atom stereocenters. The van der Waals surface area contributed by atoms with Crippen molar-refractivity contribution < 1.29 is 14.4 Å². The number of benzene rings is 2. The van der Waals surface area contributed by atoms with E-state index in [2.05, 4.69) is 46.9 Å². The van der Waals surface area contributed by atoms with E-state index < -0.39 is 0 Å². The summed E-state index contributed by atoms with van der Waals surface area (Å²) in [5, 5.41) is 3.27. The van der Waals surface area contributed by atoms with E-state index in [1.54, 1.807) is 0 Å². The zero-order valence-corrected chi connectivity index (χ0v) is 17.2. The number of rotatable bonds is 6. The van der Waals surface area contributed by atoms with Gasteiger partial charge in [-0.1, -0.05) is 42.0 Å². The van der Waals surface area contributed by atoms with Gasteiger partial charge in [0.1, 0.15) is 6.54 Å². The lowest BCUT2D eigenvalue weighted by Crippen LogP contribution is -2.23. The molecular weight excluding hydrogens is 364 g/mol. The van der Waals surface area contributed by atoms with Gasteiger partial charge < -0.3 is 9.30 Å². The van der Waals surface area contributed by atoms with Crippen LogP contribution < -0.4 is 0 Å². The van der Waals surface area contributed by atoms with Crippen LogP contribution in [0, 0.1) is 6.92 Å². The van der Waals surface area contributed by atoms with Crippen LogP contribution in [0.3, 0.4) is 0 Å². The maximum absolute atomic E-state index is 12.2.